The third kappa shape index (κ3) is 2.69. The normalized spacial score (nSPS) is 18.4. The predicted molar refractivity (Wildman–Crippen MR) is 68.5 cm³/mol. The van der Waals surface area contributed by atoms with Gasteiger partial charge in [0.05, 0.1) is 0 Å². The summed E-state index contributed by atoms with van der Waals surface area (Å²) < 4.78 is 7.73. The summed E-state index contributed by atoms with van der Waals surface area (Å²) in [6.45, 7) is 2.00. The smallest absolute Gasteiger partial charge is 0.140 e. The largest absolute Gasteiger partial charge is 0.370 e. The first-order chi connectivity index (χ1) is 6.78. The summed E-state index contributed by atoms with van der Waals surface area (Å²) in [5, 5.41) is 3.34. The van der Waals surface area contributed by atoms with Crippen LogP contribution in [0, 0.1) is 0 Å². The molecule has 0 aliphatic carbocycles. The van der Waals surface area contributed by atoms with E-state index in [1.165, 1.54) is 0 Å². The first-order valence-corrected chi connectivity index (χ1v) is 5.02. The van der Waals surface area contributed by atoms with Crippen LogP contribution in [0.4, 0.5) is 0 Å². The van der Waals surface area contributed by atoms with Crippen LogP contribution in [-0.2, 0) is 17.4 Å². The van der Waals surface area contributed by atoms with E-state index >= 15 is 0 Å². The van der Waals surface area contributed by atoms with Crippen molar-refractivity contribution < 1.29 is 4.74 Å². The highest BCUT2D eigenvalue weighted by molar-refractivity contribution is 5.85. The lowest BCUT2D eigenvalue weighted by Crippen LogP contribution is -2.42. The molecule has 1 N–H and O–H groups in total. The van der Waals surface area contributed by atoms with Gasteiger partial charge in [0.2, 0.25) is 0 Å². The van der Waals surface area contributed by atoms with Crippen LogP contribution in [-0.4, -0.2) is 29.8 Å². The number of methoxy groups -OCH3 is 1. The minimum absolute atomic E-state index is 0. The van der Waals surface area contributed by atoms with Gasteiger partial charge in [0, 0.05) is 26.6 Å². The molecule has 16 heavy (non-hydrogen) atoms. The summed E-state index contributed by atoms with van der Waals surface area (Å²) in [6.07, 6.45) is 5.79. The van der Waals surface area contributed by atoms with Gasteiger partial charge in [-0.05, 0) is 25.9 Å². The van der Waals surface area contributed by atoms with E-state index in [0.717, 1.165) is 31.8 Å². The fourth-order valence-corrected chi connectivity index (χ4v) is 2.15. The lowest BCUT2D eigenvalue weighted by molar-refractivity contribution is -0.0480. The second-order valence-electron chi connectivity index (χ2n) is 3.81. The lowest BCUT2D eigenvalue weighted by atomic mass is 9.91. The molecule has 4 nitrogen and oxygen atoms in total. The van der Waals surface area contributed by atoms with Crippen LogP contribution in [0.3, 0.4) is 0 Å². The molecule has 0 unspecified atom stereocenters. The molecular formula is C10H19Cl2N3O. The number of halogens is 2. The molecule has 2 heterocycles. The molecule has 0 amide bonds. The molecule has 1 fully saturated rings. The molecule has 6 heteroatoms. The predicted octanol–water partition coefficient (Wildman–Crippen LogP) is 1.49. The molecule has 94 valence electrons. The van der Waals surface area contributed by atoms with E-state index < -0.39 is 0 Å². The first-order valence-electron chi connectivity index (χ1n) is 5.02. The third-order valence-electron chi connectivity index (χ3n) is 3.03. The number of piperidine rings is 1. The van der Waals surface area contributed by atoms with Crippen LogP contribution in [0.2, 0.25) is 0 Å². The minimum Gasteiger partial charge on any atom is -0.370 e. The average Bonchev–Trinajstić information content (AvgIpc) is 2.66. The van der Waals surface area contributed by atoms with Gasteiger partial charge in [-0.2, -0.15) is 0 Å². The molecule has 0 spiro atoms. The number of imidazole rings is 1. The third-order valence-corrected chi connectivity index (χ3v) is 3.03. The highest BCUT2D eigenvalue weighted by Gasteiger charge is 2.37. The van der Waals surface area contributed by atoms with Gasteiger partial charge in [-0.3, -0.25) is 0 Å². The highest BCUT2D eigenvalue weighted by Crippen LogP contribution is 2.32. The molecule has 0 bridgehead atoms. The number of rotatable bonds is 2. The molecule has 2 rings (SSSR count). The van der Waals surface area contributed by atoms with Gasteiger partial charge in [-0.1, -0.05) is 0 Å². The summed E-state index contributed by atoms with van der Waals surface area (Å²) in [7, 11) is 3.80. The van der Waals surface area contributed by atoms with Crippen molar-refractivity contribution in [3.05, 3.63) is 18.2 Å². The second-order valence-corrected chi connectivity index (χ2v) is 3.81. The minimum atomic E-state index is -0.177. The number of aryl methyl sites for hydroxylation is 1. The molecule has 1 aliphatic rings. The van der Waals surface area contributed by atoms with E-state index in [-0.39, 0.29) is 30.4 Å². The monoisotopic (exact) mass is 267 g/mol. The standard InChI is InChI=1S/C10H17N3O.2ClH/c1-13-8-7-12-9(13)10(14-2)3-5-11-6-4-10;;/h7-8,11H,3-6H2,1-2H3;2*1H. The van der Waals surface area contributed by atoms with Crippen LogP contribution >= 0.6 is 24.8 Å². The zero-order valence-electron chi connectivity index (χ0n) is 9.60. The highest BCUT2D eigenvalue weighted by atomic mass is 35.5. The van der Waals surface area contributed by atoms with Crippen molar-refractivity contribution in [2.24, 2.45) is 7.05 Å². The Hall–Kier alpha value is -0.290. The molecule has 1 aromatic rings. The summed E-state index contributed by atoms with van der Waals surface area (Å²) in [6, 6.07) is 0. The van der Waals surface area contributed by atoms with Gasteiger partial charge in [0.25, 0.3) is 0 Å². The van der Waals surface area contributed by atoms with Gasteiger partial charge in [-0.15, -0.1) is 24.8 Å². The Morgan fingerprint density at radius 3 is 2.44 bits per heavy atom. The molecule has 1 saturated heterocycles. The zero-order chi connectivity index (χ0) is 10.0. The van der Waals surface area contributed by atoms with Crippen molar-refractivity contribution in [3.63, 3.8) is 0 Å². The van der Waals surface area contributed by atoms with Crippen molar-refractivity contribution in [1.82, 2.24) is 14.9 Å². The summed E-state index contributed by atoms with van der Waals surface area (Å²) in [5.41, 5.74) is -0.177. The van der Waals surface area contributed by atoms with E-state index in [4.69, 9.17) is 4.74 Å². The Balaban J connectivity index is 0.00000112. The van der Waals surface area contributed by atoms with Crippen LogP contribution in [0.1, 0.15) is 18.7 Å². The first kappa shape index (κ1) is 15.7. The number of nitrogens with zero attached hydrogens (tertiary/aromatic N) is 2. The maximum Gasteiger partial charge on any atom is 0.140 e. The number of nitrogens with one attached hydrogen (secondary N) is 1. The van der Waals surface area contributed by atoms with Crippen molar-refractivity contribution in [2.45, 2.75) is 18.4 Å². The number of hydrogen-bond donors (Lipinski definition) is 1. The Morgan fingerprint density at radius 2 is 2.00 bits per heavy atom. The van der Waals surface area contributed by atoms with E-state index in [9.17, 15) is 0 Å². The van der Waals surface area contributed by atoms with Crippen LogP contribution < -0.4 is 5.32 Å². The Labute approximate surface area is 109 Å². The quantitative estimate of drug-likeness (QED) is 0.883. The van der Waals surface area contributed by atoms with Crippen LogP contribution in [0.25, 0.3) is 0 Å². The van der Waals surface area contributed by atoms with Gasteiger partial charge in [0.1, 0.15) is 11.4 Å². The van der Waals surface area contributed by atoms with Gasteiger partial charge in [-0.25, -0.2) is 4.98 Å². The second kappa shape index (κ2) is 6.45. The topological polar surface area (TPSA) is 39.1 Å². The van der Waals surface area contributed by atoms with E-state index in [2.05, 4.69) is 14.9 Å². The summed E-state index contributed by atoms with van der Waals surface area (Å²) in [5.74, 6) is 1.04. The van der Waals surface area contributed by atoms with Crippen LogP contribution in [0.5, 0.6) is 0 Å². The SMILES string of the molecule is COC1(c2nccn2C)CCNCC1.Cl.Cl. The van der Waals surface area contributed by atoms with Crippen LogP contribution in [0.15, 0.2) is 12.4 Å². The van der Waals surface area contributed by atoms with Crippen molar-refractivity contribution >= 4 is 24.8 Å². The van der Waals surface area contributed by atoms with Crippen molar-refractivity contribution in [1.29, 1.82) is 0 Å². The Kier molecular flexibility index (Phi) is 6.33. The summed E-state index contributed by atoms with van der Waals surface area (Å²) >= 11 is 0. The van der Waals surface area contributed by atoms with Gasteiger partial charge < -0.3 is 14.6 Å². The van der Waals surface area contributed by atoms with Gasteiger partial charge in [0.15, 0.2) is 0 Å². The summed E-state index contributed by atoms with van der Waals surface area (Å²) in [4.78, 5) is 4.39. The van der Waals surface area contributed by atoms with E-state index in [1.807, 2.05) is 19.4 Å². The molecule has 0 atom stereocenters. The molecular weight excluding hydrogens is 249 g/mol. The fourth-order valence-electron chi connectivity index (χ4n) is 2.15. The molecule has 0 radical (unpaired) electrons. The maximum absolute atomic E-state index is 5.68. The van der Waals surface area contributed by atoms with Crippen molar-refractivity contribution in [2.75, 3.05) is 20.2 Å². The molecule has 1 aromatic heterocycles. The lowest BCUT2D eigenvalue weighted by Gasteiger charge is -2.35. The fraction of sp³-hybridized carbons (Fsp3) is 0.700. The number of ether oxygens (including phenoxy) is 1. The number of aromatic nitrogens is 2. The average molecular weight is 268 g/mol. The Bertz CT molecular complexity index is 311. The van der Waals surface area contributed by atoms with Crippen molar-refractivity contribution in [3.8, 4) is 0 Å². The van der Waals surface area contributed by atoms with Gasteiger partial charge >= 0.3 is 0 Å². The zero-order valence-corrected chi connectivity index (χ0v) is 11.2. The molecule has 0 saturated carbocycles. The number of hydrogen-bond acceptors (Lipinski definition) is 3. The molecule has 1 aliphatic heterocycles. The maximum atomic E-state index is 5.68. The molecule has 0 aromatic carbocycles. The Morgan fingerprint density at radius 1 is 1.38 bits per heavy atom. The van der Waals surface area contributed by atoms with E-state index in [0.29, 0.717) is 0 Å². The van der Waals surface area contributed by atoms with E-state index in [1.54, 1.807) is 7.11 Å².